The molecule has 4 heterocycles. The number of amides is 8. The van der Waals surface area contributed by atoms with E-state index in [-0.39, 0.29) is 92.6 Å². The standard InChI is InChI=1S/C60H67F2N8O12P/c1-36(2)30-48(66-55(74)47-32-40-31-41(23-24-45(40)64-47)60(61,62)83(79,80)81)59(78)69-34-42(33-50(69)57(76)65-46(25-27-51(63)71)54(73)68-53(38-17-10-7-11-18-38)39-19-12-8-13-20-39)82-29-14-6-4-3-5-9-16-37-21-15-22-43-44(37)35-70(58(43)77)49-26-28-52(72)67-56(49)75/h7-8,10-13,15,17-24,31-32,36,42,46,48-50,53,64H,3-6,14,25-30,33-35H2,1-2H3,(H2,63,71)(H,65,76)(H,66,74)(H,68,73)(H,67,72,75)(H2,79,80,81)/t42-,46+,48+,49?,50+/m1/s1. The summed E-state index contributed by atoms with van der Waals surface area (Å²) in [6.45, 7) is 4.04. The van der Waals surface area contributed by atoms with Gasteiger partial charge in [0.15, 0.2) is 0 Å². The molecule has 2 fully saturated rings. The van der Waals surface area contributed by atoms with Gasteiger partial charge in [0.1, 0.15) is 29.9 Å². The molecule has 4 aromatic carbocycles. The second-order valence-electron chi connectivity index (χ2n) is 21.5. The molecule has 3 aliphatic rings. The van der Waals surface area contributed by atoms with Gasteiger partial charge < -0.3 is 51.0 Å². The van der Waals surface area contributed by atoms with Crippen molar-refractivity contribution < 1.29 is 66.2 Å². The van der Waals surface area contributed by atoms with Crippen molar-refractivity contribution in [3.63, 3.8) is 0 Å². The van der Waals surface area contributed by atoms with E-state index in [1.807, 2.05) is 80.6 Å². The largest absolute Gasteiger partial charge is 0.399 e. The van der Waals surface area contributed by atoms with E-state index in [2.05, 4.69) is 38.1 Å². The van der Waals surface area contributed by atoms with Gasteiger partial charge in [0.2, 0.25) is 35.4 Å². The lowest BCUT2D eigenvalue weighted by Crippen LogP contribution is -2.56. The number of H-pyrrole nitrogens is 1. The van der Waals surface area contributed by atoms with Crippen molar-refractivity contribution in [2.24, 2.45) is 11.7 Å². The van der Waals surface area contributed by atoms with Crippen molar-refractivity contribution in [2.75, 3.05) is 13.2 Å². The van der Waals surface area contributed by atoms with Crippen LogP contribution in [0.3, 0.4) is 0 Å². The zero-order valence-corrected chi connectivity index (χ0v) is 46.8. The first-order valence-electron chi connectivity index (χ1n) is 27.6. The molecule has 83 heavy (non-hydrogen) atoms. The third-order valence-corrected chi connectivity index (χ3v) is 15.9. The highest BCUT2D eigenvalue weighted by atomic mass is 31.2. The number of hydrogen-bond acceptors (Lipinski definition) is 10. The van der Waals surface area contributed by atoms with E-state index in [1.165, 1.54) is 15.9 Å². The molecule has 23 heteroatoms. The van der Waals surface area contributed by atoms with Crippen LogP contribution in [0.2, 0.25) is 0 Å². The van der Waals surface area contributed by atoms with Gasteiger partial charge >= 0.3 is 13.3 Å². The summed E-state index contributed by atoms with van der Waals surface area (Å²) in [5.74, 6) is 1.57. The second-order valence-corrected chi connectivity index (χ2v) is 23.1. The molecule has 20 nitrogen and oxygen atoms in total. The molecule has 0 aliphatic carbocycles. The number of aromatic nitrogens is 1. The minimum Gasteiger partial charge on any atom is -0.376 e. The molecule has 0 bridgehead atoms. The molecule has 2 saturated heterocycles. The van der Waals surface area contributed by atoms with Crippen molar-refractivity contribution in [1.29, 1.82) is 0 Å². The van der Waals surface area contributed by atoms with Crippen molar-refractivity contribution in [3.8, 4) is 11.8 Å². The highest BCUT2D eigenvalue weighted by molar-refractivity contribution is 7.52. The van der Waals surface area contributed by atoms with Crippen LogP contribution in [-0.2, 0) is 50.3 Å². The summed E-state index contributed by atoms with van der Waals surface area (Å²) in [5, 5.41) is 10.9. The van der Waals surface area contributed by atoms with Crippen LogP contribution in [0, 0.1) is 17.8 Å². The summed E-state index contributed by atoms with van der Waals surface area (Å²) in [6, 6.07) is 22.5. The van der Waals surface area contributed by atoms with Crippen LogP contribution in [0.15, 0.2) is 103 Å². The third kappa shape index (κ3) is 14.9. The zero-order chi connectivity index (χ0) is 59.6. The number of aromatic amines is 1. The summed E-state index contributed by atoms with van der Waals surface area (Å²) in [7, 11) is -5.90. The fourth-order valence-electron chi connectivity index (χ4n) is 10.6. The number of carbonyl (C=O) groups is 8. The van der Waals surface area contributed by atoms with Crippen LogP contribution in [0.5, 0.6) is 0 Å². The van der Waals surface area contributed by atoms with Crippen LogP contribution in [0.1, 0.15) is 139 Å². The molecule has 0 radical (unpaired) electrons. The average Bonchev–Trinajstić information content (AvgIpc) is 4.22. The first-order chi connectivity index (χ1) is 39.6. The number of nitrogens with zero attached hydrogens (tertiary/aromatic N) is 2. The lowest BCUT2D eigenvalue weighted by atomic mass is 9.98. The Kier molecular flexibility index (Phi) is 19.7. The van der Waals surface area contributed by atoms with Gasteiger partial charge in [-0.1, -0.05) is 111 Å². The van der Waals surface area contributed by atoms with Crippen LogP contribution in [0.4, 0.5) is 8.78 Å². The Hall–Kier alpha value is -8.09. The zero-order valence-electron chi connectivity index (χ0n) is 45.9. The minimum atomic E-state index is -5.90. The smallest absolute Gasteiger partial charge is 0.376 e. The van der Waals surface area contributed by atoms with Crippen molar-refractivity contribution in [1.82, 2.24) is 36.1 Å². The fourth-order valence-corrected chi connectivity index (χ4v) is 11.1. The molecule has 0 saturated carbocycles. The van der Waals surface area contributed by atoms with Crippen molar-refractivity contribution >= 4 is 65.8 Å². The van der Waals surface area contributed by atoms with E-state index in [0.29, 0.717) is 24.0 Å². The molecule has 8 rings (SSSR count). The number of alkyl halides is 2. The maximum absolute atomic E-state index is 14.9. The Labute approximate surface area is 478 Å². The molecule has 1 aromatic heterocycles. The van der Waals surface area contributed by atoms with Gasteiger partial charge in [-0.05, 0) is 85.0 Å². The Morgan fingerprint density at radius 3 is 2.23 bits per heavy atom. The molecule has 0 spiro atoms. The Bertz CT molecular complexity index is 3320. The van der Waals surface area contributed by atoms with Gasteiger partial charge in [0.25, 0.3) is 11.8 Å². The topological polar surface area (TPSA) is 300 Å². The number of benzene rings is 4. The van der Waals surface area contributed by atoms with E-state index < -0.39 is 90.6 Å². The summed E-state index contributed by atoms with van der Waals surface area (Å²) < 4.78 is 47.3. The molecule has 5 atom stereocenters. The number of carbonyl (C=O) groups excluding carboxylic acids is 8. The molecule has 3 aliphatic heterocycles. The monoisotopic (exact) mass is 1160 g/mol. The van der Waals surface area contributed by atoms with Gasteiger partial charge in [-0.15, -0.1) is 0 Å². The van der Waals surface area contributed by atoms with E-state index in [4.69, 9.17) is 10.5 Å². The van der Waals surface area contributed by atoms with Gasteiger partial charge in [-0.3, -0.25) is 48.2 Å². The normalized spacial score (nSPS) is 17.9. The Morgan fingerprint density at radius 2 is 1.57 bits per heavy atom. The van der Waals surface area contributed by atoms with Gasteiger partial charge in [0.05, 0.1) is 12.1 Å². The first kappa shape index (κ1) is 61.0. The van der Waals surface area contributed by atoms with E-state index in [0.717, 1.165) is 54.2 Å². The van der Waals surface area contributed by atoms with E-state index >= 15 is 0 Å². The predicted molar refractivity (Wildman–Crippen MR) is 300 cm³/mol. The quantitative estimate of drug-likeness (QED) is 0.0154. The maximum atomic E-state index is 14.9. The highest BCUT2D eigenvalue weighted by Crippen LogP contribution is 2.59. The van der Waals surface area contributed by atoms with Crippen LogP contribution in [0.25, 0.3) is 10.9 Å². The number of rotatable bonds is 24. The van der Waals surface area contributed by atoms with Crippen LogP contribution in [-0.4, -0.2) is 115 Å². The number of unbranched alkanes of at least 4 members (excludes halogenated alkanes) is 4. The SMILES string of the molecule is CC(C)C[C@H](NC(=O)c1cc2cc(C(F)(F)P(=O)(O)O)ccc2[nH]1)C(=O)N1C[C@H](OCCCCCCC#Cc2cccc3c2CN(C2CCC(=O)NC2=O)C3=O)C[C@H]1C(=O)N[C@@H](CCC(N)=O)C(=O)NC(c1ccccc1)c1ccccc1. The number of likely N-dealkylation sites (tertiary alicyclic amines) is 1. The number of piperidine rings is 1. The number of nitrogens with one attached hydrogen (secondary N) is 5. The molecule has 8 amide bonds. The molecular weight excluding hydrogens is 1090 g/mol. The van der Waals surface area contributed by atoms with Gasteiger partial charge in [-0.25, -0.2) is 0 Å². The molecule has 438 valence electrons. The van der Waals surface area contributed by atoms with Crippen molar-refractivity contribution in [2.45, 2.75) is 133 Å². The number of hydrogen-bond donors (Lipinski definition) is 8. The molecule has 1 unspecified atom stereocenters. The summed E-state index contributed by atoms with van der Waals surface area (Å²) in [4.78, 5) is 132. The van der Waals surface area contributed by atoms with E-state index in [1.54, 1.807) is 12.1 Å². The number of halogens is 2. The van der Waals surface area contributed by atoms with Crippen LogP contribution < -0.4 is 27.0 Å². The summed E-state index contributed by atoms with van der Waals surface area (Å²) in [5.41, 5.74) is 3.56. The third-order valence-electron chi connectivity index (χ3n) is 15.0. The molecule has 9 N–H and O–H groups in total. The fraction of sp³-hybridized carbons (Fsp3) is 0.400. The Morgan fingerprint density at radius 1 is 0.867 bits per heavy atom. The first-order valence-corrected chi connectivity index (χ1v) is 29.2. The second kappa shape index (κ2) is 26.9. The number of primary amides is 1. The van der Waals surface area contributed by atoms with Crippen molar-refractivity contribution in [3.05, 3.63) is 142 Å². The predicted octanol–water partition coefficient (Wildman–Crippen LogP) is 5.94. The number of ether oxygens (including phenoxy) is 1. The van der Waals surface area contributed by atoms with Gasteiger partial charge in [-0.2, -0.15) is 8.78 Å². The molecular formula is C60H67F2N8O12P. The number of nitrogens with two attached hydrogens (primary N) is 1. The van der Waals surface area contributed by atoms with Gasteiger partial charge in [0, 0.05) is 73.0 Å². The lowest BCUT2D eigenvalue weighted by Gasteiger charge is -2.30. The average molecular weight is 1160 g/mol. The number of imide groups is 1. The van der Waals surface area contributed by atoms with E-state index in [9.17, 15) is 61.5 Å². The summed E-state index contributed by atoms with van der Waals surface area (Å²) in [6.07, 6.45) is 2.88. The molecule has 5 aromatic rings. The minimum absolute atomic E-state index is 0.00000864. The van der Waals surface area contributed by atoms with Crippen LogP contribution >= 0.6 is 7.60 Å². The lowest BCUT2D eigenvalue weighted by molar-refractivity contribution is -0.141. The highest BCUT2D eigenvalue weighted by Gasteiger charge is 2.50. The Balaban J connectivity index is 0.943. The maximum Gasteiger partial charge on any atom is 0.399 e. The number of fused-ring (bicyclic) bond motifs is 2. The summed E-state index contributed by atoms with van der Waals surface area (Å²) >= 11 is 0.